The van der Waals surface area contributed by atoms with Crippen LogP contribution in [0.2, 0.25) is 0 Å². The first kappa shape index (κ1) is 12.4. The molecule has 0 bridgehead atoms. The number of nitrogens with one attached hydrogen (secondary N) is 1. The lowest BCUT2D eigenvalue weighted by molar-refractivity contribution is -0.182. The Bertz CT molecular complexity index is 259. The fourth-order valence-electron chi connectivity index (χ4n) is 3.02. The monoisotopic (exact) mass is 225 g/mol. The van der Waals surface area contributed by atoms with E-state index in [1.165, 1.54) is 19.3 Å². The highest BCUT2D eigenvalue weighted by Gasteiger charge is 2.57. The van der Waals surface area contributed by atoms with E-state index in [9.17, 15) is 0 Å². The van der Waals surface area contributed by atoms with Gasteiger partial charge in [-0.25, -0.2) is 0 Å². The molecule has 0 aromatic carbocycles. The molecule has 2 nitrogen and oxygen atoms in total. The summed E-state index contributed by atoms with van der Waals surface area (Å²) in [6.07, 6.45) is 5.41. The van der Waals surface area contributed by atoms with Gasteiger partial charge in [0, 0.05) is 24.6 Å². The van der Waals surface area contributed by atoms with E-state index in [1.54, 1.807) is 0 Å². The van der Waals surface area contributed by atoms with Crippen LogP contribution in [-0.2, 0) is 4.74 Å². The second kappa shape index (κ2) is 3.99. The molecule has 2 heteroatoms. The maximum absolute atomic E-state index is 5.65. The van der Waals surface area contributed by atoms with Crippen LogP contribution in [0.1, 0.15) is 53.4 Å². The summed E-state index contributed by atoms with van der Waals surface area (Å²) in [5.41, 5.74) is 0.309. The third-order valence-corrected chi connectivity index (χ3v) is 5.15. The minimum Gasteiger partial charge on any atom is -0.378 e. The van der Waals surface area contributed by atoms with Crippen molar-refractivity contribution in [1.29, 1.82) is 0 Å². The molecular formula is C14H27NO. The first-order valence-electron chi connectivity index (χ1n) is 6.70. The first-order valence-corrected chi connectivity index (χ1v) is 6.70. The van der Waals surface area contributed by atoms with Crippen LogP contribution >= 0.6 is 0 Å². The standard InChI is InChI=1S/C14H27NO/c1-10(8-11-6-7-11)15-12-9-14(4,16-5)13(12,2)3/h10-12,15H,6-9H2,1-5H3. The van der Waals surface area contributed by atoms with Crippen molar-refractivity contribution >= 4 is 0 Å². The predicted molar refractivity (Wildman–Crippen MR) is 67.5 cm³/mol. The topological polar surface area (TPSA) is 21.3 Å². The Balaban J connectivity index is 1.83. The van der Waals surface area contributed by atoms with Gasteiger partial charge in [-0.1, -0.05) is 26.7 Å². The average molecular weight is 225 g/mol. The normalized spacial score (nSPS) is 39.2. The second-order valence-corrected chi connectivity index (χ2v) is 6.66. The number of ether oxygens (including phenoxy) is 1. The lowest BCUT2D eigenvalue weighted by Crippen LogP contribution is -2.68. The van der Waals surface area contributed by atoms with Gasteiger partial charge in [0.25, 0.3) is 0 Å². The third kappa shape index (κ3) is 2.02. The van der Waals surface area contributed by atoms with Crippen LogP contribution in [0.5, 0.6) is 0 Å². The van der Waals surface area contributed by atoms with Crippen molar-refractivity contribution < 1.29 is 4.74 Å². The van der Waals surface area contributed by atoms with Crippen LogP contribution in [0.3, 0.4) is 0 Å². The molecule has 2 saturated carbocycles. The van der Waals surface area contributed by atoms with Gasteiger partial charge in [0.05, 0.1) is 5.60 Å². The molecule has 2 fully saturated rings. The Morgan fingerprint density at radius 2 is 1.94 bits per heavy atom. The van der Waals surface area contributed by atoms with Crippen LogP contribution < -0.4 is 5.32 Å². The number of hydrogen-bond acceptors (Lipinski definition) is 2. The van der Waals surface area contributed by atoms with Crippen LogP contribution in [0.15, 0.2) is 0 Å². The SMILES string of the molecule is COC1(C)CC(NC(C)CC2CC2)C1(C)C. The molecule has 0 aromatic rings. The molecule has 2 rings (SSSR count). The first-order chi connectivity index (χ1) is 7.39. The molecule has 3 atom stereocenters. The zero-order chi connectivity index (χ0) is 12.0. The zero-order valence-electron chi connectivity index (χ0n) is 11.5. The van der Waals surface area contributed by atoms with Crippen molar-refractivity contribution in [2.24, 2.45) is 11.3 Å². The van der Waals surface area contributed by atoms with Crippen LogP contribution in [-0.4, -0.2) is 24.8 Å². The molecule has 0 saturated heterocycles. The fraction of sp³-hybridized carbons (Fsp3) is 1.00. The summed E-state index contributed by atoms with van der Waals surface area (Å²) >= 11 is 0. The number of rotatable bonds is 5. The lowest BCUT2D eigenvalue weighted by atomic mass is 9.55. The van der Waals surface area contributed by atoms with Gasteiger partial charge >= 0.3 is 0 Å². The molecule has 2 aliphatic carbocycles. The van der Waals surface area contributed by atoms with Crippen molar-refractivity contribution in [3.05, 3.63) is 0 Å². The maximum atomic E-state index is 5.65. The van der Waals surface area contributed by atoms with Gasteiger partial charge in [-0.05, 0) is 32.6 Å². The largest absolute Gasteiger partial charge is 0.378 e. The van der Waals surface area contributed by atoms with Crippen molar-refractivity contribution in [2.45, 2.75) is 71.1 Å². The molecule has 16 heavy (non-hydrogen) atoms. The van der Waals surface area contributed by atoms with Gasteiger partial charge < -0.3 is 10.1 Å². The highest BCUT2D eigenvalue weighted by atomic mass is 16.5. The van der Waals surface area contributed by atoms with Gasteiger partial charge in [-0.2, -0.15) is 0 Å². The van der Waals surface area contributed by atoms with E-state index < -0.39 is 0 Å². The molecule has 0 radical (unpaired) electrons. The Hall–Kier alpha value is -0.0800. The smallest absolute Gasteiger partial charge is 0.0731 e. The summed E-state index contributed by atoms with van der Waals surface area (Å²) in [5.74, 6) is 1.01. The summed E-state index contributed by atoms with van der Waals surface area (Å²) in [4.78, 5) is 0. The Morgan fingerprint density at radius 1 is 1.31 bits per heavy atom. The van der Waals surface area contributed by atoms with Gasteiger partial charge in [0.1, 0.15) is 0 Å². The second-order valence-electron chi connectivity index (χ2n) is 6.66. The summed E-state index contributed by atoms with van der Waals surface area (Å²) < 4.78 is 5.65. The quantitative estimate of drug-likeness (QED) is 0.776. The average Bonchev–Trinajstić information content (AvgIpc) is 3.00. The van der Waals surface area contributed by atoms with Crippen molar-refractivity contribution in [1.82, 2.24) is 5.32 Å². The molecule has 3 unspecified atom stereocenters. The van der Waals surface area contributed by atoms with E-state index >= 15 is 0 Å². The highest BCUT2D eigenvalue weighted by molar-refractivity contribution is 5.11. The van der Waals surface area contributed by atoms with E-state index in [0.29, 0.717) is 12.1 Å². The van der Waals surface area contributed by atoms with Crippen LogP contribution in [0.25, 0.3) is 0 Å². The molecule has 0 aliphatic heterocycles. The van der Waals surface area contributed by atoms with Gasteiger partial charge in [-0.3, -0.25) is 0 Å². The van der Waals surface area contributed by atoms with E-state index in [1.807, 2.05) is 7.11 Å². The van der Waals surface area contributed by atoms with Gasteiger partial charge in [-0.15, -0.1) is 0 Å². The van der Waals surface area contributed by atoms with Gasteiger partial charge in [0.2, 0.25) is 0 Å². The summed E-state index contributed by atoms with van der Waals surface area (Å²) in [6, 6.07) is 1.28. The van der Waals surface area contributed by atoms with Crippen LogP contribution in [0.4, 0.5) is 0 Å². The van der Waals surface area contributed by atoms with Crippen molar-refractivity contribution in [3.8, 4) is 0 Å². The minimum atomic E-state index is 0.0595. The molecule has 1 N–H and O–H groups in total. The van der Waals surface area contributed by atoms with Crippen molar-refractivity contribution in [3.63, 3.8) is 0 Å². The molecule has 94 valence electrons. The predicted octanol–water partition coefficient (Wildman–Crippen LogP) is 2.97. The van der Waals surface area contributed by atoms with E-state index in [0.717, 1.165) is 12.3 Å². The Labute approximate surface area is 100 Å². The molecule has 0 aromatic heterocycles. The number of methoxy groups -OCH3 is 1. The Kier molecular flexibility index (Phi) is 3.09. The summed E-state index contributed by atoms with van der Waals surface area (Å²) in [5, 5.41) is 3.79. The Morgan fingerprint density at radius 3 is 2.38 bits per heavy atom. The zero-order valence-corrected chi connectivity index (χ0v) is 11.5. The van der Waals surface area contributed by atoms with Gasteiger partial charge in [0.15, 0.2) is 0 Å². The van der Waals surface area contributed by atoms with Crippen LogP contribution in [0, 0.1) is 11.3 Å². The third-order valence-electron chi connectivity index (χ3n) is 5.15. The fourth-order valence-corrected chi connectivity index (χ4v) is 3.02. The lowest BCUT2D eigenvalue weighted by Gasteiger charge is -2.60. The van der Waals surface area contributed by atoms with E-state index in [-0.39, 0.29) is 11.0 Å². The summed E-state index contributed by atoms with van der Waals surface area (Å²) in [6.45, 7) is 9.20. The number of hydrogen-bond donors (Lipinski definition) is 1. The molecule has 0 spiro atoms. The minimum absolute atomic E-state index is 0.0595. The molecule has 2 aliphatic rings. The molecular weight excluding hydrogens is 198 g/mol. The maximum Gasteiger partial charge on any atom is 0.0731 e. The van der Waals surface area contributed by atoms with E-state index in [2.05, 4.69) is 33.0 Å². The summed E-state index contributed by atoms with van der Waals surface area (Å²) in [7, 11) is 1.84. The van der Waals surface area contributed by atoms with E-state index in [4.69, 9.17) is 4.74 Å². The molecule has 0 heterocycles. The molecule has 0 amide bonds. The highest BCUT2D eigenvalue weighted by Crippen LogP contribution is 2.51. The van der Waals surface area contributed by atoms with Crippen molar-refractivity contribution in [2.75, 3.05) is 7.11 Å².